The molecule has 0 aliphatic carbocycles. The number of rotatable bonds is 5. The molecule has 1 spiro atoms. The van der Waals surface area contributed by atoms with Crippen molar-refractivity contribution < 1.29 is 19.2 Å². The van der Waals surface area contributed by atoms with Gasteiger partial charge in [0.05, 0.1) is 12.7 Å². The van der Waals surface area contributed by atoms with Crippen LogP contribution in [0, 0.1) is 20.8 Å². The largest absolute Gasteiger partial charge is 0.414 e. The van der Waals surface area contributed by atoms with Crippen LogP contribution >= 0.6 is 0 Å². The summed E-state index contributed by atoms with van der Waals surface area (Å²) in [5, 5.41) is 4.99. The van der Waals surface area contributed by atoms with E-state index >= 15 is 0 Å². The van der Waals surface area contributed by atoms with Crippen LogP contribution in [-0.2, 0) is 14.4 Å². The third-order valence-electron chi connectivity index (χ3n) is 5.97. The van der Waals surface area contributed by atoms with Gasteiger partial charge in [-0.15, -0.1) is 0 Å². The van der Waals surface area contributed by atoms with Gasteiger partial charge in [-0.05, 0) is 50.3 Å². The number of carbonyl (C=O) groups is 2. The lowest BCUT2D eigenvalue weighted by Gasteiger charge is -2.39. The molecule has 2 aliphatic rings. The second kappa shape index (κ2) is 8.75. The number of nitrogens with zero attached hydrogens (tertiary/aromatic N) is 2. The first-order valence-corrected chi connectivity index (χ1v) is 10.3. The Morgan fingerprint density at radius 1 is 1.23 bits per heavy atom. The maximum atomic E-state index is 13.2. The molecule has 30 heavy (non-hydrogen) atoms. The van der Waals surface area contributed by atoms with Gasteiger partial charge in [0.2, 0.25) is 0 Å². The quantitative estimate of drug-likeness (QED) is 0.761. The van der Waals surface area contributed by atoms with Crippen LogP contribution in [-0.4, -0.2) is 67.8 Å². The number of nitrogens with two attached hydrogens (primary N) is 1. The Kier molecular flexibility index (Phi) is 6.50. The average molecular weight is 417 g/mol. The summed E-state index contributed by atoms with van der Waals surface area (Å²) < 4.78 is 5.93. The molecule has 0 unspecified atom stereocenters. The number of hydrogen-bond donors (Lipinski definition) is 2. The molecule has 0 atom stereocenters. The van der Waals surface area contributed by atoms with Gasteiger partial charge in [-0.1, -0.05) is 17.7 Å². The van der Waals surface area contributed by atoms with Gasteiger partial charge in [0.1, 0.15) is 11.3 Å². The lowest BCUT2D eigenvalue weighted by atomic mass is 9.85. The fourth-order valence-corrected chi connectivity index (χ4v) is 4.48. The highest BCUT2D eigenvalue weighted by Gasteiger charge is 2.50. The molecule has 8 heteroatoms. The van der Waals surface area contributed by atoms with Crippen molar-refractivity contribution >= 4 is 17.6 Å². The zero-order valence-electron chi connectivity index (χ0n) is 18.5. The van der Waals surface area contributed by atoms with Crippen LogP contribution in [0.3, 0.4) is 0 Å². The van der Waals surface area contributed by atoms with Crippen LogP contribution in [0.15, 0.2) is 17.9 Å². The predicted octanol–water partition coefficient (Wildman–Crippen LogP) is 1.88. The number of nitrogens with one attached hydrogen (secondary N) is 1. The summed E-state index contributed by atoms with van der Waals surface area (Å²) in [7, 11) is 3.27. The van der Waals surface area contributed by atoms with E-state index in [-0.39, 0.29) is 5.91 Å². The average Bonchev–Trinajstić information content (AvgIpc) is 2.93. The van der Waals surface area contributed by atoms with E-state index in [1.54, 1.807) is 14.2 Å². The number of hydroxylamine groups is 2. The van der Waals surface area contributed by atoms with E-state index in [2.05, 4.69) is 5.32 Å². The van der Waals surface area contributed by atoms with Gasteiger partial charge in [0.15, 0.2) is 0 Å². The van der Waals surface area contributed by atoms with Gasteiger partial charge >= 0.3 is 6.09 Å². The molecule has 0 saturated carbocycles. The third kappa shape index (κ3) is 4.08. The van der Waals surface area contributed by atoms with Crippen molar-refractivity contribution in [3.05, 3.63) is 40.1 Å². The summed E-state index contributed by atoms with van der Waals surface area (Å²) in [4.78, 5) is 32.8. The summed E-state index contributed by atoms with van der Waals surface area (Å²) in [6, 6.07) is 4.09. The SMILES string of the molecule is CON1CCC2(CC1)NC(=O)C(c1c(C)cc(C)cc1C)=C2OC(=O)N(C)CCN. The molecule has 2 amide bonds. The molecule has 164 valence electrons. The number of ether oxygens (including phenoxy) is 1. The van der Waals surface area contributed by atoms with E-state index in [9.17, 15) is 9.59 Å². The maximum Gasteiger partial charge on any atom is 0.414 e. The van der Waals surface area contributed by atoms with Crippen molar-refractivity contribution in [2.75, 3.05) is 40.3 Å². The number of benzene rings is 1. The Bertz CT molecular complexity index is 849. The van der Waals surface area contributed by atoms with Crippen molar-refractivity contribution in [2.24, 2.45) is 5.73 Å². The lowest BCUT2D eigenvalue weighted by Crippen LogP contribution is -2.53. The van der Waals surface area contributed by atoms with Crippen molar-refractivity contribution in [2.45, 2.75) is 39.2 Å². The molecule has 0 aromatic heterocycles. The maximum absolute atomic E-state index is 13.2. The molecule has 2 heterocycles. The Labute approximate surface area is 177 Å². The fourth-order valence-electron chi connectivity index (χ4n) is 4.48. The molecular formula is C22H32N4O4. The highest BCUT2D eigenvalue weighted by molar-refractivity contribution is 6.24. The molecule has 3 N–H and O–H groups in total. The van der Waals surface area contributed by atoms with E-state index in [4.69, 9.17) is 15.3 Å². The number of likely N-dealkylation sites (N-methyl/N-ethyl adjacent to an activating group) is 1. The second-order valence-corrected chi connectivity index (χ2v) is 8.20. The Balaban J connectivity index is 2.11. The molecule has 1 saturated heterocycles. The van der Waals surface area contributed by atoms with Gasteiger partial charge in [-0.2, -0.15) is 5.06 Å². The smallest absolute Gasteiger partial charge is 0.411 e. The third-order valence-corrected chi connectivity index (χ3v) is 5.97. The summed E-state index contributed by atoms with van der Waals surface area (Å²) in [5.41, 5.74) is 9.22. The molecule has 8 nitrogen and oxygen atoms in total. The Hall–Kier alpha value is -2.42. The predicted molar refractivity (Wildman–Crippen MR) is 114 cm³/mol. The summed E-state index contributed by atoms with van der Waals surface area (Å²) in [6.07, 6.45) is 0.660. The van der Waals surface area contributed by atoms with Gasteiger partial charge in [-0.25, -0.2) is 4.79 Å². The first kappa shape index (κ1) is 22.3. The van der Waals surface area contributed by atoms with E-state index in [0.717, 1.165) is 22.3 Å². The van der Waals surface area contributed by atoms with Crippen LogP contribution in [0.1, 0.15) is 35.1 Å². The normalized spacial score (nSPS) is 18.7. The molecule has 3 rings (SSSR count). The van der Waals surface area contributed by atoms with Crippen molar-refractivity contribution in [3.63, 3.8) is 0 Å². The van der Waals surface area contributed by atoms with Crippen molar-refractivity contribution in [1.29, 1.82) is 0 Å². The Morgan fingerprint density at radius 3 is 2.37 bits per heavy atom. The first-order valence-electron chi connectivity index (χ1n) is 10.3. The van der Waals surface area contributed by atoms with E-state index < -0.39 is 11.6 Å². The number of carbonyl (C=O) groups excluding carboxylic acids is 2. The number of piperidine rings is 1. The van der Waals surface area contributed by atoms with Gasteiger partial charge in [-0.3, -0.25) is 4.79 Å². The van der Waals surface area contributed by atoms with Gasteiger partial charge in [0.25, 0.3) is 5.91 Å². The van der Waals surface area contributed by atoms with Crippen LogP contribution in [0.5, 0.6) is 0 Å². The number of hydrogen-bond acceptors (Lipinski definition) is 6. The highest BCUT2D eigenvalue weighted by Crippen LogP contribution is 2.42. The minimum Gasteiger partial charge on any atom is -0.411 e. The zero-order valence-corrected chi connectivity index (χ0v) is 18.5. The molecule has 1 fully saturated rings. The molecular weight excluding hydrogens is 384 g/mol. The Morgan fingerprint density at radius 2 is 1.83 bits per heavy atom. The van der Waals surface area contributed by atoms with Crippen LogP contribution in [0.2, 0.25) is 0 Å². The highest BCUT2D eigenvalue weighted by atomic mass is 16.7. The first-order chi connectivity index (χ1) is 14.2. The molecule has 0 bridgehead atoms. The van der Waals surface area contributed by atoms with Crippen LogP contribution in [0.4, 0.5) is 4.79 Å². The molecule has 1 aromatic rings. The van der Waals surface area contributed by atoms with E-state index in [1.165, 1.54) is 4.90 Å². The molecule has 2 aliphatic heterocycles. The monoisotopic (exact) mass is 416 g/mol. The lowest BCUT2D eigenvalue weighted by molar-refractivity contribution is -0.152. The summed E-state index contributed by atoms with van der Waals surface area (Å²) >= 11 is 0. The minimum atomic E-state index is -0.732. The van der Waals surface area contributed by atoms with Crippen LogP contribution < -0.4 is 11.1 Å². The van der Waals surface area contributed by atoms with Gasteiger partial charge in [0, 0.05) is 33.2 Å². The molecule has 1 aromatic carbocycles. The fraction of sp³-hybridized carbons (Fsp3) is 0.545. The number of aryl methyl sites for hydroxylation is 3. The second-order valence-electron chi connectivity index (χ2n) is 8.20. The minimum absolute atomic E-state index is 0.208. The van der Waals surface area contributed by atoms with Crippen molar-refractivity contribution in [3.8, 4) is 0 Å². The summed E-state index contributed by atoms with van der Waals surface area (Å²) in [5.74, 6) is 0.201. The van der Waals surface area contributed by atoms with E-state index in [0.29, 0.717) is 50.4 Å². The number of amides is 2. The van der Waals surface area contributed by atoms with E-state index in [1.807, 2.05) is 38.0 Å². The van der Waals surface area contributed by atoms with Crippen molar-refractivity contribution in [1.82, 2.24) is 15.3 Å². The summed E-state index contributed by atoms with van der Waals surface area (Å²) in [6.45, 7) is 7.93. The molecule has 0 radical (unpaired) electrons. The topological polar surface area (TPSA) is 97.1 Å². The van der Waals surface area contributed by atoms with Crippen LogP contribution in [0.25, 0.3) is 5.57 Å². The standard InChI is InChI=1S/C22H32N4O4/c1-14-12-15(2)17(16(3)13-14)18-19(30-21(28)25(4)11-8-23)22(24-20(18)27)6-9-26(29-5)10-7-22/h12-13H,6-11,23H2,1-5H3,(H,24,27). The zero-order chi connectivity index (χ0) is 22.1. The van der Waals surface area contributed by atoms with Gasteiger partial charge < -0.3 is 25.5 Å².